The maximum Gasteiger partial charge on any atom is 0.304 e. The molecule has 4 heteroatoms. The second-order valence-electron chi connectivity index (χ2n) is 2.74. The van der Waals surface area contributed by atoms with Crippen LogP contribution in [-0.2, 0) is 4.79 Å². The van der Waals surface area contributed by atoms with E-state index in [1.54, 1.807) is 0 Å². The molecular formula is C7H14ClNO2. The van der Waals surface area contributed by atoms with Gasteiger partial charge in [0.15, 0.2) is 0 Å². The van der Waals surface area contributed by atoms with E-state index in [1.165, 1.54) is 12.8 Å². The van der Waals surface area contributed by atoms with Crippen molar-refractivity contribution in [2.24, 2.45) is 0 Å². The van der Waals surface area contributed by atoms with Crippen LogP contribution >= 0.6 is 12.4 Å². The van der Waals surface area contributed by atoms with E-state index in [2.05, 4.69) is 5.32 Å². The van der Waals surface area contributed by atoms with Gasteiger partial charge in [0.05, 0.1) is 6.42 Å². The van der Waals surface area contributed by atoms with E-state index in [0.29, 0.717) is 0 Å². The van der Waals surface area contributed by atoms with Crippen LogP contribution in [-0.4, -0.2) is 23.7 Å². The molecule has 66 valence electrons. The molecule has 0 spiro atoms. The Kier molecular flexibility index (Phi) is 5.24. The van der Waals surface area contributed by atoms with Gasteiger partial charge in [0, 0.05) is 6.04 Å². The Bertz CT molecular complexity index is 124. The summed E-state index contributed by atoms with van der Waals surface area (Å²) in [6.45, 7) is 0.984. The summed E-state index contributed by atoms with van der Waals surface area (Å²) in [6, 6.07) is 0.228. The van der Waals surface area contributed by atoms with Crippen molar-refractivity contribution < 1.29 is 9.90 Å². The maximum absolute atomic E-state index is 10.2. The molecular weight excluding hydrogens is 166 g/mol. The average Bonchev–Trinajstić information content (AvgIpc) is 1.88. The van der Waals surface area contributed by atoms with Crippen molar-refractivity contribution >= 4 is 18.4 Å². The molecule has 1 saturated heterocycles. The lowest BCUT2D eigenvalue weighted by Crippen LogP contribution is -2.35. The second kappa shape index (κ2) is 5.38. The molecule has 0 radical (unpaired) electrons. The van der Waals surface area contributed by atoms with Crippen LogP contribution in [0.15, 0.2) is 0 Å². The van der Waals surface area contributed by atoms with Crippen LogP contribution in [0.1, 0.15) is 25.7 Å². The molecule has 0 aromatic rings. The van der Waals surface area contributed by atoms with Crippen molar-refractivity contribution in [3.63, 3.8) is 0 Å². The zero-order valence-electron chi connectivity index (χ0n) is 6.38. The SMILES string of the molecule is Cl.O=C(O)C[C@@H]1CCCCN1. The fourth-order valence-electron chi connectivity index (χ4n) is 1.31. The van der Waals surface area contributed by atoms with E-state index >= 15 is 0 Å². The van der Waals surface area contributed by atoms with E-state index in [1.807, 2.05) is 0 Å². The minimum atomic E-state index is -0.695. The summed E-state index contributed by atoms with van der Waals surface area (Å²) in [5.74, 6) is -0.695. The molecule has 0 aromatic carbocycles. The summed E-state index contributed by atoms with van der Waals surface area (Å²) < 4.78 is 0. The van der Waals surface area contributed by atoms with Gasteiger partial charge in [-0.15, -0.1) is 12.4 Å². The molecule has 0 aromatic heterocycles. The smallest absolute Gasteiger partial charge is 0.304 e. The van der Waals surface area contributed by atoms with Crippen LogP contribution in [0.2, 0.25) is 0 Å². The molecule has 11 heavy (non-hydrogen) atoms. The van der Waals surface area contributed by atoms with Crippen LogP contribution in [0.5, 0.6) is 0 Å². The van der Waals surface area contributed by atoms with Crippen molar-refractivity contribution in [3.8, 4) is 0 Å². The highest BCUT2D eigenvalue weighted by Gasteiger charge is 2.14. The number of carbonyl (C=O) groups is 1. The number of carboxylic acids is 1. The Morgan fingerprint density at radius 1 is 1.55 bits per heavy atom. The number of hydrogen-bond donors (Lipinski definition) is 2. The van der Waals surface area contributed by atoms with Gasteiger partial charge in [0.25, 0.3) is 0 Å². The molecule has 1 heterocycles. The van der Waals surface area contributed by atoms with Crippen molar-refractivity contribution in [3.05, 3.63) is 0 Å². The van der Waals surface area contributed by atoms with Gasteiger partial charge in [-0.25, -0.2) is 0 Å². The average molecular weight is 180 g/mol. The molecule has 1 fully saturated rings. The number of rotatable bonds is 2. The van der Waals surface area contributed by atoms with Gasteiger partial charge in [-0.1, -0.05) is 6.42 Å². The minimum Gasteiger partial charge on any atom is -0.481 e. The molecule has 0 aliphatic carbocycles. The van der Waals surface area contributed by atoms with Crippen molar-refractivity contribution in [2.45, 2.75) is 31.7 Å². The third-order valence-corrected chi connectivity index (χ3v) is 1.83. The molecule has 1 atom stereocenters. The Morgan fingerprint density at radius 3 is 2.73 bits per heavy atom. The summed E-state index contributed by atoms with van der Waals surface area (Å²) in [4.78, 5) is 10.2. The molecule has 1 aliphatic heterocycles. The highest BCUT2D eigenvalue weighted by molar-refractivity contribution is 5.85. The van der Waals surface area contributed by atoms with Crippen molar-refractivity contribution in [1.82, 2.24) is 5.32 Å². The fourth-order valence-corrected chi connectivity index (χ4v) is 1.31. The summed E-state index contributed by atoms with van der Waals surface area (Å²) >= 11 is 0. The highest BCUT2D eigenvalue weighted by atomic mass is 35.5. The summed E-state index contributed by atoms with van der Waals surface area (Å²) in [5.41, 5.74) is 0. The molecule has 1 rings (SSSR count). The van der Waals surface area contributed by atoms with Crippen molar-refractivity contribution in [2.75, 3.05) is 6.54 Å². The summed E-state index contributed by atoms with van der Waals surface area (Å²) in [7, 11) is 0. The number of piperidine rings is 1. The summed E-state index contributed by atoms with van der Waals surface area (Å²) in [6.07, 6.45) is 3.66. The van der Waals surface area contributed by atoms with E-state index < -0.39 is 5.97 Å². The Hall–Kier alpha value is -0.280. The van der Waals surface area contributed by atoms with Gasteiger partial charge in [-0.3, -0.25) is 4.79 Å². The topological polar surface area (TPSA) is 49.3 Å². The lowest BCUT2D eigenvalue weighted by molar-refractivity contribution is -0.137. The normalized spacial score (nSPS) is 23.8. The number of nitrogens with one attached hydrogen (secondary N) is 1. The van der Waals surface area contributed by atoms with Gasteiger partial charge in [-0.05, 0) is 19.4 Å². The molecule has 0 unspecified atom stereocenters. The lowest BCUT2D eigenvalue weighted by Gasteiger charge is -2.21. The van der Waals surface area contributed by atoms with Crippen LogP contribution in [0.3, 0.4) is 0 Å². The second-order valence-corrected chi connectivity index (χ2v) is 2.74. The predicted octanol–water partition coefficient (Wildman–Crippen LogP) is 1.02. The Labute approximate surface area is 72.6 Å². The molecule has 0 amide bonds. The highest BCUT2D eigenvalue weighted by Crippen LogP contribution is 2.09. The standard InChI is InChI=1S/C7H13NO2.ClH/c9-7(10)5-6-3-1-2-4-8-6;/h6,8H,1-5H2,(H,9,10);1H/t6-;/m0./s1. The van der Waals surface area contributed by atoms with E-state index in [9.17, 15) is 4.79 Å². The molecule has 1 aliphatic rings. The first-order valence-corrected chi connectivity index (χ1v) is 3.74. The molecule has 0 bridgehead atoms. The van der Waals surface area contributed by atoms with Gasteiger partial charge in [-0.2, -0.15) is 0 Å². The first kappa shape index (κ1) is 10.7. The van der Waals surface area contributed by atoms with Gasteiger partial charge in [0.1, 0.15) is 0 Å². The third-order valence-electron chi connectivity index (χ3n) is 1.83. The quantitative estimate of drug-likeness (QED) is 0.666. The van der Waals surface area contributed by atoms with Crippen LogP contribution < -0.4 is 5.32 Å². The zero-order valence-corrected chi connectivity index (χ0v) is 7.19. The third kappa shape index (κ3) is 4.22. The van der Waals surface area contributed by atoms with Crippen LogP contribution in [0.4, 0.5) is 0 Å². The van der Waals surface area contributed by atoms with Crippen LogP contribution in [0.25, 0.3) is 0 Å². The molecule has 3 nitrogen and oxygen atoms in total. The monoisotopic (exact) mass is 179 g/mol. The van der Waals surface area contributed by atoms with Gasteiger partial charge in [0.2, 0.25) is 0 Å². The summed E-state index contributed by atoms with van der Waals surface area (Å²) in [5, 5.41) is 11.6. The lowest BCUT2D eigenvalue weighted by atomic mass is 10.0. The first-order valence-electron chi connectivity index (χ1n) is 3.74. The van der Waals surface area contributed by atoms with Crippen LogP contribution in [0, 0.1) is 0 Å². The molecule has 0 saturated carbocycles. The maximum atomic E-state index is 10.2. The molecule has 2 N–H and O–H groups in total. The number of aliphatic carboxylic acids is 1. The Morgan fingerprint density at radius 2 is 2.27 bits per heavy atom. The largest absolute Gasteiger partial charge is 0.481 e. The zero-order chi connectivity index (χ0) is 7.40. The van der Waals surface area contributed by atoms with E-state index in [0.717, 1.165) is 13.0 Å². The van der Waals surface area contributed by atoms with Gasteiger partial charge >= 0.3 is 5.97 Å². The van der Waals surface area contributed by atoms with E-state index in [4.69, 9.17) is 5.11 Å². The van der Waals surface area contributed by atoms with Gasteiger partial charge < -0.3 is 10.4 Å². The number of hydrogen-bond acceptors (Lipinski definition) is 2. The first-order chi connectivity index (χ1) is 4.79. The number of carboxylic acid groups (broad SMARTS) is 1. The fraction of sp³-hybridized carbons (Fsp3) is 0.857. The predicted molar refractivity (Wildman–Crippen MR) is 45.1 cm³/mol. The minimum absolute atomic E-state index is 0. The Balaban J connectivity index is 0.000001000. The number of halogens is 1. The van der Waals surface area contributed by atoms with Crippen molar-refractivity contribution in [1.29, 1.82) is 0 Å². The van der Waals surface area contributed by atoms with E-state index in [-0.39, 0.29) is 24.9 Å².